The summed E-state index contributed by atoms with van der Waals surface area (Å²) in [6.45, 7) is 5.13. The fourth-order valence-electron chi connectivity index (χ4n) is 3.56. The Morgan fingerprint density at radius 1 is 1.14 bits per heavy atom. The lowest BCUT2D eigenvalue weighted by Crippen LogP contribution is -2.24. The zero-order valence-electron chi connectivity index (χ0n) is 15.5. The van der Waals surface area contributed by atoms with Crippen molar-refractivity contribution in [1.82, 2.24) is 20.2 Å². The highest BCUT2D eigenvalue weighted by Crippen LogP contribution is 2.35. The van der Waals surface area contributed by atoms with E-state index in [2.05, 4.69) is 20.2 Å². The summed E-state index contributed by atoms with van der Waals surface area (Å²) >= 11 is 0. The molecule has 0 radical (unpaired) electrons. The molecule has 0 unspecified atom stereocenters. The van der Waals surface area contributed by atoms with E-state index in [1.165, 1.54) is 12.1 Å². The molecule has 1 aliphatic rings. The predicted molar refractivity (Wildman–Crippen MR) is 93.1 cm³/mol. The van der Waals surface area contributed by atoms with Crippen molar-refractivity contribution in [2.75, 3.05) is 6.54 Å². The molecule has 0 bridgehead atoms. The summed E-state index contributed by atoms with van der Waals surface area (Å²) in [7, 11) is 0. The van der Waals surface area contributed by atoms with E-state index in [1.807, 2.05) is 13.8 Å². The van der Waals surface area contributed by atoms with E-state index in [0.29, 0.717) is 23.8 Å². The molecular formula is C19H19F3N4O2. The van der Waals surface area contributed by atoms with Crippen LogP contribution in [0.15, 0.2) is 33.3 Å². The number of hydrogen-bond donors (Lipinski definition) is 0. The minimum absolute atomic E-state index is 0.108. The number of hydrogen-bond acceptors (Lipinski definition) is 6. The summed E-state index contributed by atoms with van der Waals surface area (Å²) in [5.74, 6) is 0.965. The molecule has 1 aromatic carbocycles. The number of alkyl halides is 3. The van der Waals surface area contributed by atoms with Crippen molar-refractivity contribution in [3.8, 4) is 11.5 Å². The third kappa shape index (κ3) is 3.54. The monoisotopic (exact) mass is 392 g/mol. The van der Waals surface area contributed by atoms with Crippen molar-refractivity contribution < 1.29 is 22.2 Å². The van der Waals surface area contributed by atoms with Gasteiger partial charge in [0.1, 0.15) is 17.1 Å². The van der Waals surface area contributed by atoms with Gasteiger partial charge in [0.25, 0.3) is 0 Å². The van der Waals surface area contributed by atoms with Gasteiger partial charge in [-0.3, -0.25) is 4.90 Å². The van der Waals surface area contributed by atoms with Crippen LogP contribution in [0, 0.1) is 13.8 Å². The van der Waals surface area contributed by atoms with Gasteiger partial charge in [0, 0.05) is 12.1 Å². The van der Waals surface area contributed by atoms with E-state index in [-0.39, 0.29) is 6.04 Å². The fraction of sp³-hybridized carbons (Fsp3) is 0.421. The fourth-order valence-corrected chi connectivity index (χ4v) is 3.56. The van der Waals surface area contributed by atoms with Crippen molar-refractivity contribution in [3.63, 3.8) is 0 Å². The van der Waals surface area contributed by atoms with Crippen LogP contribution in [0.5, 0.6) is 0 Å². The third-order valence-corrected chi connectivity index (χ3v) is 5.07. The van der Waals surface area contributed by atoms with Crippen LogP contribution in [0.1, 0.15) is 47.3 Å². The molecule has 4 rings (SSSR count). The molecule has 6 nitrogen and oxygen atoms in total. The lowest BCUT2D eigenvalue weighted by molar-refractivity contribution is -0.137. The maximum Gasteiger partial charge on any atom is 0.416 e. The minimum atomic E-state index is -4.37. The van der Waals surface area contributed by atoms with Gasteiger partial charge in [-0.2, -0.15) is 13.2 Å². The van der Waals surface area contributed by atoms with Gasteiger partial charge in [-0.1, -0.05) is 10.3 Å². The van der Waals surface area contributed by atoms with Crippen LogP contribution in [-0.4, -0.2) is 26.7 Å². The van der Waals surface area contributed by atoms with E-state index in [9.17, 15) is 13.2 Å². The van der Waals surface area contributed by atoms with Gasteiger partial charge in [0.05, 0.1) is 17.3 Å². The molecule has 1 saturated heterocycles. The Labute approximate surface area is 159 Å². The molecule has 0 amide bonds. The number of aromatic nitrogens is 3. The van der Waals surface area contributed by atoms with Crippen LogP contribution in [0.4, 0.5) is 13.2 Å². The molecule has 2 aromatic heterocycles. The summed E-state index contributed by atoms with van der Waals surface area (Å²) < 4.78 is 48.8. The first-order chi connectivity index (χ1) is 13.3. The quantitative estimate of drug-likeness (QED) is 0.641. The Morgan fingerprint density at radius 3 is 2.54 bits per heavy atom. The Kier molecular flexibility index (Phi) is 4.70. The third-order valence-electron chi connectivity index (χ3n) is 5.07. The molecule has 3 heterocycles. The van der Waals surface area contributed by atoms with Gasteiger partial charge >= 0.3 is 6.18 Å². The Balaban J connectivity index is 1.54. The maximum atomic E-state index is 12.7. The number of oxazole rings is 1. The molecule has 0 aliphatic carbocycles. The average molecular weight is 392 g/mol. The molecule has 0 N–H and O–H groups in total. The first kappa shape index (κ1) is 18.7. The van der Waals surface area contributed by atoms with Gasteiger partial charge in [-0.15, -0.1) is 0 Å². The molecule has 1 aliphatic heterocycles. The van der Waals surface area contributed by atoms with Crippen molar-refractivity contribution in [2.45, 2.75) is 45.5 Å². The predicted octanol–water partition coefficient (Wildman–Crippen LogP) is 4.70. The van der Waals surface area contributed by atoms with Crippen LogP contribution in [0.25, 0.3) is 11.5 Å². The first-order valence-corrected chi connectivity index (χ1v) is 9.00. The first-order valence-electron chi connectivity index (χ1n) is 9.00. The summed E-state index contributed by atoms with van der Waals surface area (Å²) in [6, 6.07) is 4.93. The summed E-state index contributed by atoms with van der Waals surface area (Å²) in [5, 5.41) is 7.89. The molecule has 28 heavy (non-hydrogen) atoms. The summed E-state index contributed by atoms with van der Waals surface area (Å²) in [6.07, 6.45) is -2.38. The van der Waals surface area contributed by atoms with Crippen LogP contribution in [0.2, 0.25) is 0 Å². The van der Waals surface area contributed by atoms with Crippen molar-refractivity contribution in [1.29, 1.82) is 0 Å². The molecule has 1 fully saturated rings. The molecule has 3 aromatic rings. The van der Waals surface area contributed by atoms with Gasteiger partial charge in [0.2, 0.25) is 5.89 Å². The Bertz CT molecular complexity index is 962. The minimum Gasteiger partial charge on any atom is -0.441 e. The Hall–Kier alpha value is -2.68. The number of likely N-dealkylation sites (tertiary alicyclic amines) is 1. The second-order valence-electron chi connectivity index (χ2n) is 6.96. The van der Waals surface area contributed by atoms with E-state index in [1.54, 1.807) is 0 Å². The number of nitrogens with zero attached hydrogens (tertiary/aromatic N) is 4. The summed E-state index contributed by atoms with van der Waals surface area (Å²) in [4.78, 5) is 6.77. The van der Waals surface area contributed by atoms with Gasteiger partial charge in [0.15, 0.2) is 0 Å². The highest BCUT2D eigenvalue weighted by Gasteiger charge is 2.32. The lowest BCUT2D eigenvalue weighted by Gasteiger charge is -2.21. The molecular weight excluding hydrogens is 373 g/mol. The number of rotatable bonds is 4. The van der Waals surface area contributed by atoms with E-state index >= 15 is 0 Å². The second-order valence-corrected chi connectivity index (χ2v) is 6.96. The second kappa shape index (κ2) is 7.05. The molecule has 9 heteroatoms. The molecule has 0 saturated carbocycles. The molecule has 1 atom stereocenters. The van der Waals surface area contributed by atoms with Gasteiger partial charge in [-0.05, 0) is 57.5 Å². The van der Waals surface area contributed by atoms with Crippen LogP contribution in [0.3, 0.4) is 0 Å². The average Bonchev–Trinajstić information content (AvgIpc) is 3.36. The number of aryl methyl sites for hydroxylation is 2. The highest BCUT2D eigenvalue weighted by molar-refractivity contribution is 5.54. The van der Waals surface area contributed by atoms with Crippen LogP contribution < -0.4 is 0 Å². The van der Waals surface area contributed by atoms with Crippen LogP contribution in [-0.2, 0) is 12.7 Å². The van der Waals surface area contributed by atoms with E-state index in [0.717, 1.165) is 48.6 Å². The van der Waals surface area contributed by atoms with Crippen molar-refractivity contribution in [3.05, 3.63) is 52.7 Å². The maximum absolute atomic E-state index is 12.7. The van der Waals surface area contributed by atoms with Crippen molar-refractivity contribution in [2.24, 2.45) is 0 Å². The normalized spacial score (nSPS) is 18.1. The lowest BCUT2D eigenvalue weighted by atomic mass is 10.1. The zero-order valence-corrected chi connectivity index (χ0v) is 15.5. The van der Waals surface area contributed by atoms with Gasteiger partial charge in [-0.25, -0.2) is 9.61 Å². The van der Waals surface area contributed by atoms with E-state index < -0.39 is 11.7 Å². The summed E-state index contributed by atoms with van der Waals surface area (Å²) in [5.41, 5.74) is 2.19. The van der Waals surface area contributed by atoms with Gasteiger partial charge < -0.3 is 4.42 Å². The van der Waals surface area contributed by atoms with E-state index in [4.69, 9.17) is 9.05 Å². The SMILES string of the molecule is Cc1nonc1[C@H]1CCCN1Cc1nc(-c2ccc(C(F)(F)F)cc2)oc1C. The molecule has 148 valence electrons. The largest absolute Gasteiger partial charge is 0.441 e. The smallest absolute Gasteiger partial charge is 0.416 e. The number of benzene rings is 1. The Morgan fingerprint density at radius 2 is 1.89 bits per heavy atom. The van der Waals surface area contributed by atoms with Crippen molar-refractivity contribution >= 4 is 0 Å². The topological polar surface area (TPSA) is 68.2 Å². The zero-order chi connectivity index (χ0) is 19.9. The molecule has 0 spiro atoms. The highest BCUT2D eigenvalue weighted by atomic mass is 19.4. The standard InChI is InChI=1S/C19H19F3N4O2/c1-11-17(25-28-24-11)16-4-3-9-26(16)10-15-12(2)27-18(23-15)13-5-7-14(8-6-13)19(20,21)22/h5-8,16H,3-4,9-10H2,1-2H3/t16-/m1/s1. The number of halogens is 3. The van der Waals surface area contributed by atoms with Crippen LogP contribution >= 0.6 is 0 Å².